The summed E-state index contributed by atoms with van der Waals surface area (Å²) in [7, 11) is 0. The first kappa shape index (κ1) is 11.5. The molecule has 2 N–H and O–H groups in total. The lowest BCUT2D eigenvalue weighted by atomic mass is 10.1. The standard InChI is InChI=1S/C13H12N4O2/c18-12(19)10-8-17-13(14-10)15-11(16-17)7-6-9-4-2-1-3-5-9/h1-5,8H,6-7H2,(H,18,19)(H,14,15,16). The summed E-state index contributed by atoms with van der Waals surface area (Å²) in [5, 5.41) is 11.8. The van der Waals surface area contributed by atoms with Gasteiger partial charge in [0.05, 0.1) is 6.20 Å². The minimum absolute atomic E-state index is 0.00615. The van der Waals surface area contributed by atoms with Gasteiger partial charge in [0.15, 0.2) is 5.69 Å². The highest BCUT2D eigenvalue weighted by Gasteiger charge is 2.11. The molecule has 0 aliphatic rings. The third-order valence-corrected chi connectivity index (χ3v) is 2.88. The van der Waals surface area contributed by atoms with Crippen LogP contribution in [-0.2, 0) is 12.8 Å². The van der Waals surface area contributed by atoms with Crippen LogP contribution in [0.15, 0.2) is 36.5 Å². The number of nitrogens with one attached hydrogen (secondary N) is 1. The van der Waals surface area contributed by atoms with Gasteiger partial charge in [0, 0.05) is 6.42 Å². The molecule has 0 amide bonds. The topological polar surface area (TPSA) is 83.3 Å². The van der Waals surface area contributed by atoms with Crippen molar-refractivity contribution in [3.8, 4) is 0 Å². The fraction of sp³-hybridized carbons (Fsp3) is 0.154. The van der Waals surface area contributed by atoms with Gasteiger partial charge in [0.25, 0.3) is 5.78 Å². The van der Waals surface area contributed by atoms with Gasteiger partial charge in [0.1, 0.15) is 5.82 Å². The van der Waals surface area contributed by atoms with E-state index in [0.29, 0.717) is 5.78 Å². The van der Waals surface area contributed by atoms with Crippen molar-refractivity contribution >= 4 is 11.7 Å². The summed E-state index contributed by atoms with van der Waals surface area (Å²) in [6.07, 6.45) is 3.07. The number of nitrogens with zero attached hydrogens (tertiary/aromatic N) is 3. The van der Waals surface area contributed by atoms with Crippen LogP contribution in [0.4, 0.5) is 0 Å². The number of aromatic nitrogens is 4. The van der Waals surface area contributed by atoms with E-state index in [9.17, 15) is 4.79 Å². The zero-order valence-electron chi connectivity index (χ0n) is 10.1. The molecule has 96 valence electrons. The molecule has 0 aliphatic heterocycles. The first-order valence-corrected chi connectivity index (χ1v) is 5.93. The number of imidazole rings is 1. The molecular weight excluding hydrogens is 244 g/mol. The number of rotatable bonds is 4. The first-order valence-electron chi connectivity index (χ1n) is 5.93. The largest absolute Gasteiger partial charge is 0.476 e. The molecular formula is C13H12N4O2. The summed E-state index contributed by atoms with van der Waals surface area (Å²) < 4.78 is 1.53. The van der Waals surface area contributed by atoms with Gasteiger partial charge in [-0.05, 0) is 12.0 Å². The molecule has 0 saturated heterocycles. The highest BCUT2D eigenvalue weighted by molar-refractivity contribution is 5.85. The molecule has 6 nitrogen and oxygen atoms in total. The highest BCUT2D eigenvalue weighted by Crippen LogP contribution is 2.07. The molecule has 0 spiro atoms. The Labute approximate surface area is 108 Å². The lowest BCUT2D eigenvalue weighted by Crippen LogP contribution is -1.97. The van der Waals surface area contributed by atoms with Gasteiger partial charge in [-0.1, -0.05) is 30.3 Å². The summed E-state index contributed by atoms with van der Waals surface area (Å²) >= 11 is 0. The van der Waals surface area contributed by atoms with E-state index in [1.807, 2.05) is 18.2 Å². The third kappa shape index (κ3) is 2.33. The van der Waals surface area contributed by atoms with Crippen molar-refractivity contribution in [2.75, 3.05) is 0 Å². The molecule has 2 heterocycles. The average molecular weight is 256 g/mol. The van der Waals surface area contributed by atoms with Crippen LogP contribution in [0.1, 0.15) is 21.9 Å². The zero-order chi connectivity index (χ0) is 13.2. The number of hydrogen-bond donors (Lipinski definition) is 2. The van der Waals surface area contributed by atoms with Crippen LogP contribution in [-0.4, -0.2) is 30.7 Å². The number of carboxylic acids is 1. The lowest BCUT2D eigenvalue weighted by Gasteiger charge is -1.97. The molecule has 1 aromatic carbocycles. The van der Waals surface area contributed by atoms with Gasteiger partial charge < -0.3 is 5.11 Å². The zero-order valence-corrected chi connectivity index (χ0v) is 10.1. The molecule has 0 bridgehead atoms. The van der Waals surface area contributed by atoms with Crippen LogP contribution in [0.2, 0.25) is 0 Å². The fourth-order valence-electron chi connectivity index (χ4n) is 1.94. The van der Waals surface area contributed by atoms with Crippen LogP contribution in [0, 0.1) is 0 Å². The minimum Gasteiger partial charge on any atom is -0.476 e. The van der Waals surface area contributed by atoms with E-state index in [2.05, 4.69) is 27.2 Å². The van der Waals surface area contributed by atoms with Crippen LogP contribution in [0.5, 0.6) is 0 Å². The highest BCUT2D eigenvalue weighted by atomic mass is 16.4. The number of H-pyrrole nitrogens is 1. The van der Waals surface area contributed by atoms with E-state index >= 15 is 0 Å². The van der Waals surface area contributed by atoms with E-state index in [1.165, 1.54) is 16.3 Å². The van der Waals surface area contributed by atoms with Crippen molar-refractivity contribution in [2.45, 2.75) is 12.8 Å². The second-order valence-corrected chi connectivity index (χ2v) is 4.26. The summed E-state index contributed by atoms with van der Waals surface area (Å²) in [4.78, 5) is 18.9. The summed E-state index contributed by atoms with van der Waals surface area (Å²) in [6, 6.07) is 10.1. The predicted octanol–water partition coefficient (Wildman–Crippen LogP) is 1.54. The van der Waals surface area contributed by atoms with E-state index in [0.717, 1.165) is 18.7 Å². The molecule has 0 atom stereocenters. The Hall–Kier alpha value is -2.63. The van der Waals surface area contributed by atoms with Gasteiger partial charge in [-0.3, -0.25) is 5.10 Å². The smallest absolute Gasteiger partial charge is 0.356 e. The Morgan fingerprint density at radius 3 is 2.68 bits per heavy atom. The molecule has 3 rings (SSSR count). The van der Waals surface area contributed by atoms with E-state index in [-0.39, 0.29) is 5.69 Å². The Morgan fingerprint density at radius 2 is 2.00 bits per heavy atom. The van der Waals surface area contributed by atoms with Crippen LogP contribution >= 0.6 is 0 Å². The van der Waals surface area contributed by atoms with Crippen LogP contribution in [0.25, 0.3) is 5.78 Å². The third-order valence-electron chi connectivity index (χ3n) is 2.88. The molecule has 0 unspecified atom stereocenters. The number of hydrogen-bond acceptors (Lipinski definition) is 3. The number of benzene rings is 1. The fourth-order valence-corrected chi connectivity index (χ4v) is 1.94. The number of carboxylic acid groups (broad SMARTS) is 1. The van der Waals surface area contributed by atoms with Crippen molar-refractivity contribution in [3.63, 3.8) is 0 Å². The molecule has 6 heteroatoms. The number of carbonyl (C=O) groups is 1. The quantitative estimate of drug-likeness (QED) is 0.741. The second kappa shape index (κ2) is 4.56. The summed E-state index contributed by atoms with van der Waals surface area (Å²) in [5.41, 5.74) is 1.23. The maximum atomic E-state index is 10.7. The van der Waals surface area contributed by atoms with Crippen LogP contribution in [0.3, 0.4) is 0 Å². The minimum atomic E-state index is -1.05. The van der Waals surface area contributed by atoms with E-state index < -0.39 is 5.97 Å². The number of fused-ring (bicyclic) bond motifs is 1. The Bertz CT molecular complexity index is 683. The van der Waals surface area contributed by atoms with Gasteiger partial charge in [0.2, 0.25) is 0 Å². The van der Waals surface area contributed by atoms with Gasteiger partial charge in [-0.25, -0.2) is 14.3 Å². The van der Waals surface area contributed by atoms with Crippen molar-refractivity contribution in [1.29, 1.82) is 0 Å². The number of aromatic carboxylic acids is 1. The van der Waals surface area contributed by atoms with Crippen molar-refractivity contribution < 1.29 is 9.90 Å². The number of aromatic amines is 1. The van der Waals surface area contributed by atoms with Gasteiger partial charge in [-0.2, -0.15) is 4.98 Å². The number of aryl methyl sites for hydroxylation is 2. The van der Waals surface area contributed by atoms with Crippen LogP contribution < -0.4 is 0 Å². The van der Waals surface area contributed by atoms with Crippen molar-refractivity contribution in [1.82, 2.24) is 19.6 Å². The Morgan fingerprint density at radius 1 is 1.21 bits per heavy atom. The van der Waals surface area contributed by atoms with Crippen molar-refractivity contribution in [3.05, 3.63) is 53.6 Å². The average Bonchev–Trinajstić information content (AvgIpc) is 2.95. The lowest BCUT2D eigenvalue weighted by molar-refractivity contribution is 0.0691. The second-order valence-electron chi connectivity index (χ2n) is 4.26. The Balaban J connectivity index is 1.75. The summed E-state index contributed by atoms with van der Waals surface area (Å²) in [6.45, 7) is 0. The maximum Gasteiger partial charge on any atom is 0.356 e. The van der Waals surface area contributed by atoms with Gasteiger partial charge >= 0.3 is 5.97 Å². The predicted molar refractivity (Wildman–Crippen MR) is 68.1 cm³/mol. The molecule has 3 aromatic rings. The van der Waals surface area contributed by atoms with Gasteiger partial charge in [-0.15, -0.1) is 0 Å². The molecule has 2 aromatic heterocycles. The SMILES string of the molecule is O=C(O)c1cn2[nH]c(CCc3ccccc3)nc2n1. The van der Waals surface area contributed by atoms with E-state index in [4.69, 9.17) is 5.11 Å². The maximum absolute atomic E-state index is 10.7. The monoisotopic (exact) mass is 256 g/mol. The Kier molecular flexibility index (Phi) is 2.75. The molecule has 0 fully saturated rings. The molecule has 19 heavy (non-hydrogen) atoms. The molecule has 0 aliphatic carbocycles. The first-order chi connectivity index (χ1) is 9.22. The van der Waals surface area contributed by atoms with Crippen molar-refractivity contribution in [2.24, 2.45) is 0 Å². The normalized spacial score (nSPS) is 10.9. The molecule has 0 radical (unpaired) electrons. The molecule has 0 saturated carbocycles. The summed E-state index contributed by atoms with van der Waals surface area (Å²) in [5.74, 6) is 0.133. The van der Waals surface area contributed by atoms with E-state index in [1.54, 1.807) is 0 Å².